The molecule has 1 aromatic carbocycles. The molecular weight excluding hydrogens is 306 g/mol. The smallest absolute Gasteiger partial charge is 0.246 e. The Kier molecular flexibility index (Phi) is 5.79. The lowest BCUT2D eigenvalue weighted by Gasteiger charge is -2.26. The number of nitrogen functional groups attached to an aromatic ring is 1. The molecule has 0 aliphatic heterocycles. The molecule has 0 fully saturated rings. The molecule has 1 aromatic rings. The molecule has 0 amide bonds. The summed E-state index contributed by atoms with van der Waals surface area (Å²) in [6.07, 6.45) is 2.45. The molecule has 0 saturated carbocycles. The van der Waals surface area contributed by atoms with E-state index in [4.69, 9.17) is 5.73 Å². The van der Waals surface area contributed by atoms with Gasteiger partial charge in [-0.15, -0.1) is 0 Å². The topological polar surface area (TPSA) is 63.4 Å². The molecule has 8 heteroatoms. The summed E-state index contributed by atoms with van der Waals surface area (Å²) in [6, 6.07) is 1.49. The molecular formula is C12H18F2N2O2S2. The highest BCUT2D eigenvalue weighted by atomic mass is 32.2. The first-order chi connectivity index (χ1) is 9.27. The molecule has 114 valence electrons. The van der Waals surface area contributed by atoms with Gasteiger partial charge < -0.3 is 5.73 Å². The van der Waals surface area contributed by atoms with Crippen LogP contribution < -0.4 is 5.73 Å². The van der Waals surface area contributed by atoms with Gasteiger partial charge in [-0.25, -0.2) is 17.2 Å². The number of nitrogens with zero attached hydrogens (tertiary/aromatic N) is 1. The normalized spacial score (nSPS) is 13.7. The van der Waals surface area contributed by atoms with Crippen molar-refractivity contribution in [1.82, 2.24) is 4.31 Å². The number of anilines is 1. The molecule has 0 aliphatic carbocycles. The summed E-state index contributed by atoms with van der Waals surface area (Å²) in [6.45, 7) is 1.85. The summed E-state index contributed by atoms with van der Waals surface area (Å²) < 4.78 is 52.9. The van der Waals surface area contributed by atoms with Gasteiger partial charge in [0, 0.05) is 18.8 Å². The van der Waals surface area contributed by atoms with Crippen molar-refractivity contribution in [2.45, 2.75) is 24.3 Å². The zero-order chi connectivity index (χ0) is 15.5. The van der Waals surface area contributed by atoms with Crippen LogP contribution in [0, 0.1) is 11.6 Å². The minimum atomic E-state index is -4.04. The lowest BCUT2D eigenvalue weighted by molar-refractivity contribution is 0.383. The quantitative estimate of drug-likeness (QED) is 0.816. The minimum absolute atomic E-state index is 0.263. The minimum Gasteiger partial charge on any atom is -0.394 e. The molecule has 20 heavy (non-hydrogen) atoms. The molecule has 0 heterocycles. The lowest BCUT2D eigenvalue weighted by atomic mass is 10.3. The second-order valence-corrected chi connectivity index (χ2v) is 7.19. The van der Waals surface area contributed by atoms with Crippen LogP contribution in [0.3, 0.4) is 0 Å². The number of benzene rings is 1. The third-order valence-corrected chi connectivity index (χ3v) is 5.74. The Labute approximate surface area is 122 Å². The highest BCUT2D eigenvalue weighted by Gasteiger charge is 2.30. The van der Waals surface area contributed by atoms with Crippen molar-refractivity contribution in [2.75, 3.05) is 24.8 Å². The first-order valence-corrected chi connectivity index (χ1v) is 8.81. The molecule has 0 aliphatic rings. The summed E-state index contributed by atoms with van der Waals surface area (Å²) in [5.74, 6) is -1.62. The van der Waals surface area contributed by atoms with E-state index < -0.39 is 32.2 Å². The Morgan fingerprint density at radius 3 is 2.50 bits per heavy atom. The van der Waals surface area contributed by atoms with Crippen LogP contribution in [-0.4, -0.2) is 37.8 Å². The van der Waals surface area contributed by atoms with Crippen LogP contribution in [0.2, 0.25) is 0 Å². The summed E-state index contributed by atoms with van der Waals surface area (Å²) in [5, 5.41) is 0. The molecule has 1 atom stereocenters. The molecule has 1 unspecified atom stereocenters. The van der Waals surface area contributed by atoms with Crippen molar-refractivity contribution in [1.29, 1.82) is 0 Å². The van der Waals surface area contributed by atoms with Gasteiger partial charge in [0.15, 0.2) is 5.82 Å². The van der Waals surface area contributed by atoms with Crippen molar-refractivity contribution in [3.63, 3.8) is 0 Å². The summed E-state index contributed by atoms with van der Waals surface area (Å²) >= 11 is 1.50. The first-order valence-electron chi connectivity index (χ1n) is 5.97. The average molecular weight is 324 g/mol. The van der Waals surface area contributed by atoms with Gasteiger partial charge in [0.1, 0.15) is 16.4 Å². The van der Waals surface area contributed by atoms with Crippen LogP contribution >= 0.6 is 11.8 Å². The van der Waals surface area contributed by atoms with Gasteiger partial charge in [-0.1, -0.05) is 6.92 Å². The van der Waals surface area contributed by atoms with Crippen molar-refractivity contribution in [3.8, 4) is 0 Å². The predicted molar refractivity (Wildman–Crippen MR) is 78.2 cm³/mol. The van der Waals surface area contributed by atoms with Gasteiger partial charge in [-0.3, -0.25) is 0 Å². The number of hydrogen-bond acceptors (Lipinski definition) is 4. The molecule has 2 N–H and O–H groups in total. The number of sulfonamides is 1. The van der Waals surface area contributed by atoms with E-state index in [0.29, 0.717) is 12.2 Å². The lowest BCUT2D eigenvalue weighted by Crippen LogP contribution is -2.38. The van der Waals surface area contributed by atoms with Gasteiger partial charge in [0.05, 0.1) is 0 Å². The maximum Gasteiger partial charge on any atom is 0.246 e. The van der Waals surface area contributed by atoms with E-state index in [1.165, 1.54) is 18.8 Å². The maximum absolute atomic E-state index is 13.9. The number of halogens is 2. The van der Waals surface area contributed by atoms with Crippen LogP contribution in [0.1, 0.15) is 13.3 Å². The van der Waals surface area contributed by atoms with E-state index in [1.54, 1.807) is 0 Å². The third kappa shape index (κ3) is 3.24. The van der Waals surface area contributed by atoms with Crippen LogP contribution in [0.4, 0.5) is 14.5 Å². The van der Waals surface area contributed by atoms with Crippen LogP contribution in [0.5, 0.6) is 0 Å². The molecule has 1 rings (SSSR count). The fourth-order valence-corrected chi connectivity index (χ4v) is 4.21. The molecule has 0 saturated heterocycles. The van der Waals surface area contributed by atoms with E-state index in [2.05, 4.69) is 0 Å². The molecule has 0 bridgehead atoms. The Balaban J connectivity index is 3.26. The van der Waals surface area contributed by atoms with Gasteiger partial charge >= 0.3 is 0 Å². The number of hydrogen-bond donors (Lipinski definition) is 1. The highest BCUT2D eigenvalue weighted by Crippen LogP contribution is 2.26. The Hall–Kier alpha value is -0.860. The van der Waals surface area contributed by atoms with Gasteiger partial charge in [0.25, 0.3) is 0 Å². The Morgan fingerprint density at radius 2 is 2.00 bits per heavy atom. The van der Waals surface area contributed by atoms with Crippen molar-refractivity contribution in [2.24, 2.45) is 0 Å². The average Bonchev–Trinajstić information content (AvgIpc) is 2.41. The van der Waals surface area contributed by atoms with E-state index in [0.717, 1.165) is 16.4 Å². The maximum atomic E-state index is 13.9. The number of thioether (sulfide) groups is 1. The van der Waals surface area contributed by atoms with Crippen molar-refractivity contribution < 1.29 is 17.2 Å². The van der Waals surface area contributed by atoms with E-state index in [-0.39, 0.29) is 6.04 Å². The zero-order valence-electron chi connectivity index (χ0n) is 11.6. The van der Waals surface area contributed by atoms with E-state index in [9.17, 15) is 17.2 Å². The second-order valence-electron chi connectivity index (χ2n) is 4.31. The van der Waals surface area contributed by atoms with Crippen LogP contribution in [-0.2, 0) is 10.0 Å². The molecule has 0 aromatic heterocycles. The van der Waals surface area contributed by atoms with Gasteiger partial charge in [0.2, 0.25) is 10.0 Å². The van der Waals surface area contributed by atoms with Crippen LogP contribution in [0.15, 0.2) is 17.0 Å². The van der Waals surface area contributed by atoms with Gasteiger partial charge in [-0.2, -0.15) is 16.1 Å². The number of nitrogens with two attached hydrogens (primary N) is 1. The highest BCUT2D eigenvalue weighted by molar-refractivity contribution is 7.98. The largest absolute Gasteiger partial charge is 0.394 e. The summed E-state index contributed by atoms with van der Waals surface area (Å²) in [5.41, 5.74) is 4.43. The Bertz CT molecular complexity index is 579. The fraction of sp³-hybridized carbons (Fsp3) is 0.500. The first kappa shape index (κ1) is 17.2. The van der Waals surface area contributed by atoms with Crippen molar-refractivity contribution in [3.05, 3.63) is 23.8 Å². The van der Waals surface area contributed by atoms with Gasteiger partial charge in [-0.05, 0) is 24.8 Å². The van der Waals surface area contributed by atoms with E-state index in [1.807, 2.05) is 13.2 Å². The monoisotopic (exact) mass is 324 g/mol. The Morgan fingerprint density at radius 1 is 1.40 bits per heavy atom. The third-order valence-electron chi connectivity index (χ3n) is 3.09. The zero-order valence-corrected chi connectivity index (χ0v) is 13.2. The molecule has 0 spiro atoms. The van der Waals surface area contributed by atoms with Crippen molar-refractivity contribution >= 4 is 27.5 Å². The molecule has 4 nitrogen and oxygen atoms in total. The fourth-order valence-electron chi connectivity index (χ4n) is 1.77. The standard InChI is InChI=1S/C12H18F2N2O2S2/c1-4-8(7-19-3)16(2)20(17,18)10-6-5-9(13)12(15)11(10)14/h5-6,8H,4,7,15H2,1-3H3. The number of rotatable bonds is 6. The van der Waals surface area contributed by atoms with Crippen LogP contribution in [0.25, 0.3) is 0 Å². The SMILES string of the molecule is CCC(CSC)N(C)S(=O)(=O)c1ccc(F)c(N)c1F. The predicted octanol–water partition coefficient (Wildman–Crippen LogP) is 2.31. The summed E-state index contributed by atoms with van der Waals surface area (Å²) in [4.78, 5) is -0.599. The second kappa shape index (κ2) is 6.73. The molecule has 0 radical (unpaired) electrons. The van der Waals surface area contributed by atoms with E-state index >= 15 is 0 Å². The summed E-state index contributed by atoms with van der Waals surface area (Å²) in [7, 11) is -2.66.